The molecule has 0 aliphatic heterocycles. The average molecular weight is 375 g/mol. The van der Waals surface area contributed by atoms with E-state index in [2.05, 4.69) is 15.9 Å². The van der Waals surface area contributed by atoms with Crippen LogP contribution < -0.4 is 9.47 Å². The number of benzene rings is 3. The Morgan fingerprint density at radius 1 is 0.913 bits per heavy atom. The largest absolute Gasteiger partial charge is 0.507 e. The van der Waals surface area contributed by atoms with Gasteiger partial charge in [-0.3, -0.25) is 0 Å². The summed E-state index contributed by atoms with van der Waals surface area (Å²) in [6, 6.07) is 12.2. The van der Waals surface area contributed by atoms with E-state index >= 15 is 0 Å². The van der Waals surface area contributed by atoms with E-state index in [1.54, 1.807) is 43.5 Å². The van der Waals surface area contributed by atoms with E-state index in [0.29, 0.717) is 28.0 Å². The summed E-state index contributed by atoms with van der Waals surface area (Å²) in [4.78, 5) is 0. The Balaban J connectivity index is 2.40. The van der Waals surface area contributed by atoms with Gasteiger partial charge in [-0.2, -0.15) is 0 Å². The molecule has 4 nitrogen and oxygen atoms in total. The molecule has 0 heterocycles. The van der Waals surface area contributed by atoms with Crippen molar-refractivity contribution in [2.24, 2.45) is 0 Å². The highest BCUT2D eigenvalue weighted by molar-refractivity contribution is 9.10. The number of para-hydroxylation sites is 1. The van der Waals surface area contributed by atoms with Crippen LogP contribution in [-0.4, -0.2) is 24.4 Å². The first-order valence-electron chi connectivity index (χ1n) is 6.92. The lowest BCUT2D eigenvalue weighted by atomic mass is 9.98. The molecule has 3 aromatic rings. The summed E-state index contributed by atoms with van der Waals surface area (Å²) < 4.78 is 11.4. The number of fused-ring (bicyclic) bond motifs is 1. The van der Waals surface area contributed by atoms with Gasteiger partial charge >= 0.3 is 0 Å². The zero-order valence-electron chi connectivity index (χ0n) is 12.6. The highest BCUT2D eigenvalue weighted by atomic mass is 79.9. The Labute approximate surface area is 142 Å². The molecule has 3 aromatic carbocycles. The van der Waals surface area contributed by atoms with Gasteiger partial charge in [0.25, 0.3) is 0 Å². The summed E-state index contributed by atoms with van der Waals surface area (Å²) in [6.07, 6.45) is 0. The van der Waals surface area contributed by atoms with Crippen molar-refractivity contribution in [1.29, 1.82) is 0 Å². The van der Waals surface area contributed by atoms with Crippen molar-refractivity contribution in [3.63, 3.8) is 0 Å². The second-order valence-electron chi connectivity index (χ2n) is 5.02. The van der Waals surface area contributed by atoms with Gasteiger partial charge < -0.3 is 19.7 Å². The molecule has 0 bridgehead atoms. The molecule has 0 unspecified atom stereocenters. The van der Waals surface area contributed by atoms with Crippen LogP contribution >= 0.6 is 15.9 Å². The molecule has 0 radical (unpaired) electrons. The number of hydrogen-bond acceptors (Lipinski definition) is 4. The third-order valence-electron chi connectivity index (χ3n) is 3.75. The van der Waals surface area contributed by atoms with Crippen LogP contribution in [0.5, 0.6) is 23.0 Å². The molecule has 3 rings (SSSR count). The number of halogens is 1. The normalized spacial score (nSPS) is 10.7. The highest BCUT2D eigenvalue weighted by Gasteiger charge is 2.18. The first-order chi connectivity index (χ1) is 11.1. The van der Waals surface area contributed by atoms with Gasteiger partial charge in [0, 0.05) is 27.1 Å². The summed E-state index contributed by atoms with van der Waals surface area (Å²) in [7, 11) is 3.11. The van der Waals surface area contributed by atoms with Gasteiger partial charge in [0.15, 0.2) is 0 Å². The van der Waals surface area contributed by atoms with E-state index in [-0.39, 0.29) is 11.5 Å². The zero-order valence-corrected chi connectivity index (χ0v) is 14.2. The fraction of sp³-hybridized carbons (Fsp3) is 0.111. The third-order valence-corrected chi connectivity index (χ3v) is 4.40. The fourth-order valence-electron chi connectivity index (χ4n) is 2.62. The van der Waals surface area contributed by atoms with Crippen LogP contribution in [0.2, 0.25) is 0 Å². The quantitative estimate of drug-likeness (QED) is 0.697. The molecule has 0 fully saturated rings. The van der Waals surface area contributed by atoms with E-state index in [9.17, 15) is 10.2 Å². The number of rotatable bonds is 3. The van der Waals surface area contributed by atoms with Crippen LogP contribution in [0, 0.1) is 0 Å². The molecule has 0 atom stereocenters. The molecule has 0 spiro atoms. The molecule has 0 aliphatic rings. The number of phenols is 2. The van der Waals surface area contributed by atoms with Gasteiger partial charge in [0.05, 0.1) is 19.6 Å². The van der Waals surface area contributed by atoms with Gasteiger partial charge in [0.2, 0.25) is 0 Å². The van der Waals surface area contributed by atoms with Gasteiger partial charge in [-0.25, -0.2) is 0 Å². The SMILES string of the molecule is COc1cc(OC)c2c(O)c(-c3ccccc3O)cc(Br)c2c1. The van der Waals surface area contributed by atoms with Crippen LogP contribution in [0.1, 0.15) is 0 Å². The molecule has 0 amide bonds. The van der Waals surface area contributed by atoms with Gasteiger partial charge in [-0.15, -0.1) is 0 Å². The van der Waals surface area contributed by atoms with E-state index in [1.807, 2.05) is 6.07 Å². The molecule has 0 aliphatic carbocycles. The maximum atomic E-state index is 10.8. The van der Waals surface area contributed by atoms with Crippen LogP contribution in [0.3, 0.4) is 0 Å². The Bertz CT molecular complexity index is 890. The molecule has 5 heteroatoms. The number of hydrogen-bond donors (Lipinski definition) is 2. The molecule has 0 aromatic heterocycles. The fourth-order valence-corrected chi connectivity index (χ4v) is 3.16. The van der Waals surface area contributed by atoms with E-state index < -0.39 is 0 Å². The number of methoxy groups -OCH3 is 2. The first kappa shape index (κ1) is 15.5. The van der Waals surface area contributed by atoms with Crippen LogP contribution in [0.4, 0.5) is 0 Å². The summed E-state index contributed by atoms with van der Waals surface area (Å²) >= 11 is 3.53. The third kappa shape index (κ3) is 2.57. The first-order valence-corrected chi connectivity index (χ1v) is 7.71. The average Bonchev–Trinajstić information content (AvgIpc) is 2.57. The Morgan fingerprint density at radius 2 is 1.65 bits per heavy atom. The predicted octanol–water partition coefficient (Wildman–Crippen LogP) is 4.70. The van der Waals surface area contributed by atoms with Crippen molar-refractivity contribution in [1.82, 2.24) is 0 Å². The van der Waals surface area contributed by atoms with Crippen molar-refractivity contribution < 1.29 is 19.7 Å². The maximum Gasteiger partial charge on any atom is 0.135 e. The van der Waals surface area contributed by atoms with Crippen molar-refractivity contribution in [2.45, 2.75) is 0 Å². The van der Waals surface area contributed by atoms with Gasteiger partial charge in [-0.05, 0) is 18.2 Å². The van der Waals surface area contributed by atoms with E-state index in [1.165, 1.54) is 7.11 Å². The van der Waals surface area contributed by atoms with E-state index in [4.69, 9.17) is 9.47 Å². The summed E-state index contributed by atoms with van der Waals surface area (Å²) in [5.41, 5.74) is 1.07. The smallest absolute Gasteiger partial charge is 0.135 e. The Hall–Kier alpha value is -2.40. The second-order valence-corrected chi connectivity index (χ2v) is 5.88. The predicted molar refractivity (Wildman–Crippen MR) is 93.5 cm³/mol. The minimum Gasteiger partial charge on any atom is -0.507 e. The molecular weight excluding hydrogens is 360 g/mol. The molecular formula is C18H15BrO4. The van der Waals surface area contributed by atoms with Crippen LogP contribution in [0.25, 0.3) is 21.9 Å². The Morgan fingerprint density at radius 3 is 2.30 bits per heavy atom. The minimum absolute atomic E-state index is 0.0456. The Kier molecular flexibility index (Phi) is 4.05. The van der Waals surface area contributed by atoms with Gasteiger partial charge in [-0.1, -0.05) is 34.1 Å². The highest BCUT2D eigenvalue weighted by Crippen LogP contribution is 2.47. The van der Waals surface area contributed by atoms with E-state index in [0.717, 1.165) is 9.86 Å². The van der Waals surface area contributed by atoms with Crippen molar-refractivity contribution in [2.75, 3.05) is 14.2 Å². The maximum absolute atomic E-state index is 10.8. The number of aromatic hydroxyl groups is 2. The summed E-state index contributed by atoms with van der Waals surface area (Å²) in [5.74, 6) is 1.27. The minimum atomic E-state index is 0.0456. The summed E-state index contributed by atoms with van der Waals surface area (Å²) in [5, 5.41) is 22.2. The van der Waals surface area contributed by atoms with Gasteiger partial charge in [0.1, 0.15) is 23.0 Å². The topological polar surface area (TPSA) is 58.9 Å². The van der Waals surface area contributed by atoms with Crippen molar-refractivity contribution in [3.05, 3.63) is 46.9 Å². The van der Waals surface area contributed by atoms with Crippen LogP contribution in [0.15, 0.2) is 46.9 Å². The van der Waals surface area contributed by atoms with Crippen molar-refractivity contribution >= 4 is 26.7 Å². The summed E-state index contributed by atoms with van der Waals surface area (Å²) in [6.45, 7) is 0. The van der Waals surface area contributed by atoms with Crippen LogP contribution in [-0.2, 0) is 0 Å². The number of phenolic OH excluding ortho intramolecular Hbond substituents is 2. The lowest BCUT2D eigenvalue weighted by Gasteiger charge is -2.15. The number of ether oxygens (including phenoxy) is 2. The second kappa shape index (κ2) is 6.01. The lowest BCUT2D eigenvalue weighted by molar-refractivity contribution is 0.396. The molecule has 0 saturated heterocycles. The van der Waals surface area contributed by atoms with Crippen molar-refractivity contribution in [3.8, 4) is 34.1 Å². The molecule has 118 valence electrons. The molecule has 2 N–H and O–H groups in total. The lowest BCUT2D eigenvalue weighted by Crippen LogP contribution is -1.91. The standard InChI is InChI=1S/C18H15BrO4/c1-22-10-7-13-14(19)9-12(11-5-3-4-6-15(11)20)18(21)17(13)16(8-10)23-2/h3-9,20-21H,1-2H3. The molecule has 0 saturated carbocycles. The molecule has 23 heavy (non-hydrogen) atoms. The zero-order chi connectivity index (χ0) is 16.6. The monoisotopic (exact) mass is 374 g/mol.